The van der Waals surface area contributed by atoms with Gasteiger partial charge >= 0.3 is 0 Å². The SMILES string of the molecule is CCNC(=NCCNC(=O)CC1CCCC1)N1CCC(CC(=O)NC)CC1. The summed E-state index contributed by atoms with van der Waals surface area (Å²) >= 11 is 0. The van der Waals surface area contributed by atoms with Gasteiger partial charge in [-0.1, -0.05) is 12.8 Å². The van der Waals surface area contributed by atoms with Gasteiger partial charge in [0, 0.05) is 46.1 Å². The molecule has 1 aliphatic heterocycles. The zero-order chi connectivity index (χ0) is 19.5. The summed E-state index contributed by atoms with van der Waals surface area (Å²) in [4.78, 5) is 30.5. The normalized spacial score (nSPS) is 19.2. The molecule has 0 spiro atoms. The molecule has 1 saturated carbocycles. The van der Waals surface area contributed by atoms with Crippen LogP contribution in [0.1, 0.15) is 58.3 Å². The topological polar surface area (TPSA) is 85.8 Å². The molecule has 3 N–H and O–H groups in total. The first kappa shape index (κ1) is 21.5. The molecule has 1 saturated heterocycles. The number of carbonyl (C=O) groups is 2. The van der Waals surface area contributed by atoms with Gasteiger partial charge in [0.15, 0.2) is 5.96 Å². The maximum Gasteiger partial charge on any atom is 0.220 e. The molecule has 1 heterocycles. The maximum absolute atomic E-state index is 12.0. The number of amides is 2. The monoisotopic (exact) mass is 379 g/mol. The Morgan fingerprint density at radius 1 is 0.963 bits per heavy atom. The van der Waals surface area contributed by atoms with Crippen molar-refractivity contribution in [2.45, 2.75) is 58.3 Å². The lowest BCUT2D eigenvalue weighted by molar-refractivity contribution is -0.122. The summed E-state index contributed by atoms with van der Waals surface area (Å²) in [7, 11) is 1.69. The lowest BCUT2D eigenvalue weighted by atomic mass is 9.93. The van der Waals surface area contributed by atoms with E-state index in [9.17, 15) is 9.59 Å². The molecule has 2 fully saturated rings. The Hall–Kier alpha value is -1.79. The Balaban J connectivity index is 1.70. The standard InChI is InChI=1S/C20H37N5O2/c1-3-22-20(25-12-8-17(9-13-25)14-18(26)21-2)24-11-10-23-19(27)15-16-6-4-5-7-16/h16-17H,3-15H2,1-2H3,(H,21,26)(H,22,24)(H,23,27). The van der Waals surface area contributed by atoms with E-state index >= 15 is 0 Å². The minimum atomic E-state index is 0.127. The molecule has 0 aromatic carbocycles. The van der Waals surface area contributed by atoms with Crippen LogP contribution in [0.2, 0.25) is 0 Å². The van der Waals surface area contributed by atoms with E-state index in [2.05, 4.69) is 32.8 Å². The van der Waals surface area contributed by atoms with Crippen LogP contribution in [0.15, 0.2) is 4.99 Å². The molecule has 2 amide bonds. The first-order valence-corrected chi connectivity index (χ1v) is 10.6. The number of nitrogens with zero attached hydrogens (tertiary/aromatic N) is 2. The number of likely N-dealkylation sites (tertiary alicyclic amines) is 1. The van der Waals surface area contributed by atoms with Crippen molar-refractivity contribution in [3.05, 3.63) is 0 Å². The average molecular weight is 380 g/mol. The highest BCUT2D eigenvalue weighted by atomic mass is 16.2. The Bertz CT molecular complexity index is 495. The molecule has 2 rings (SSSR count). The fourth-order valence-electron chi connectivity index (χ4n) is 4.04. The summed E-state index contributed by atoms with van der Waals surface area (Å²) in [5, 5.41) is 9.07. The Labute approximate surface area is 163 Å². The third kappa shape index (κ3) is 7.77. The molecule has 1 aliphatic carbocycles. The Kier molecular flexibility index (Phi) is 9.42. The molecule has 7 heteroatoms. The van der Waals surface area contributed by atoms with Crippen molar-refractivity contribution in [2.75, 3.05) is 39.8 Å². The van der Waals surface area contributed by atoms with E-state index in [0.717, 1.165) is 38.4 Å². The lowest BCUT2D eigenvalue weighted by Gasteiger charge is -2.34. The van der Waals surface area contributed by atoms with E-state index in [1.54, 1.807) is 7.05 Å². The Morgan fingerprint density at radius 2 is 1.59 bits per heavy atom. The largest absolute Gasteiger partial charge is 0.359 e. The van der Waals surface area contributed by atoms with Crippen LogP contribution in [0.4, 0.5) is 0 Å². The number of guanidine groups is 1. The summed E-state index contributed by atoms with van der Waals surface area (Å²) in [6.07, 6.45) is 8.25. The van der Waals surface area contributed by atoms with Crippen molar-refractivity contribution < 1.29 is 9.59 Å². The molecule has 2 aliphatic rings. The number of piperidine rings is 1. The van der Waals surface area contributed by atoms with Gasteiger partial charge in [-0.2, -0.15) is 0 Å². The first-order valence-electron chi connectivity index (χ1n) is 10.6. The highest BCUT2D eigenvalue weighted by Gasteiger charge is 2.23. The second-order valence-corrected chi connectivity index (χ2v) is 7.75. The predicted octanol–water partition coefficient (Wildman–Crippen LogP) is 1.50. The van der Waals surface area contributed by atoms with Crippen LogP contribution in [-0.4, -0.2) is 62.4 Å². The van der Waals surface area contributed by atoms with Crippen LogP contribution in [-0.2, 0) is 9.59 Å². The molecule has 154 valence electrons. The van der Waals surface area contributed by atoms with Gasteiger partial charge in [0.2, 0.25) is 11.8 Å². The van der Waals surface area contributed by atoms with Gasteiger partial charge in [0.05, 0.1) is 6.54 Å². The molecule has 0 unspecified atom stereocenters. The molecule has 0 bridgehead atoms. The molecular weight excluding hydrogens is 342 g/mol. The summed E-state index contributed by atoms with van der Waals surface area (Å²) in [5.41, 5.74) is 0. The van der Waals surface area contributed by atoms with E-state index in [-0.39, 0.29) is 11.8 Å². The number of nitrogens with one attached hydrogen (secondary N) is 3. The van der Waals surface area contributed by atoms with E-state index in [1.165, 1.54) is 25.7 Å². The second kappa shape index (κ2) is 11.8. The third-order valence-corrected chi connectivity index (χ3v) is 5.65. The quantitative estimate of drug-likeness (QED) is 0.339. The van der Waals surface area contributed by atoms with Crippen LogP contribution in [0, 0.1) is 11.8 Å². The van der Waals surface area contributed by atoms with E-state index in [4.69, 9.17) is 0 Å². The van der Waals surface area contributed by atoms with Crippen molar-refractivity contribution >= 4 is 17.8 Å². The van der Waals surface area contributed by atoms with Gasteiger partial charge in [-0.3, -0.25) is 14.6 Å². The van der Waals surface area contributed by atoms with Crippen LogP contribution in [0.3, 0.4) is 0 Å². The zero-order valence-electron chi connectivity index (χ0n) is 17.1. The van der Waals surface area contributed by atoms with Crippen molar-refractivity contribution in [1.29, 1.82) is 0 Å². The number of rotatable bonds is 8. The van der Waals surface area contributed by atoms with Crippen LogP contribution in [0.5, 0.6) is 0 Å². The molecule has 27 heavy (non-hydrogen) atoms. The van der Waals surface area contributed by atoms with Crippen LogP contribution < -0.4 is 16.0 Å². The molecule has 7 nitrogen and oxygen atoms in total. The van der Waals surface area contributed by atoms with Gasteiger partial charge in [-0.15, -0.1) is 0 Å². The Morgan fingerprint density at radius 3 is 2.22 bits per heavy atom. The van der Waals surface area contributed by atoms with Gasteiger partial charge in [0.1, 0.15) is 0 Å². The third-order valence-electron chi connectivity index (χ3n) is 5.65. The highest BCUT2D eigenvalue weighted by Crippen LogP contribution is 2.27. The molecule has 0 aromatic rings. The van der Waals surface area contributed by atoms with Crippen molar-refractivity contribution in [3.8, 4) is 0 Å². The second-order valence-electron chi connectivity index (χ2n) is 7.75. The average Bonchev–Trinajstić information content (AvgIpc) is 3.17. The van der Waals surface area contributed by atoms with E-state index in [1.807, 2.05) is 0 Å². The minimum Gasteiger partial charge on any atom is -0.359 e. The van der Waals surface area contributed by atoms with Gasteiger partial charge < -0.3 is 20.9 Å². The van der Waals surface area contributed by atoms with Gasteiger partial charge in [-0.25, -0.2) is 0 Å². The summed E-state index contributed by atoms with van der Waals surface area (Å²) in [5.74, 6) is 2.25. The predicted molar refractivity (Wildman–Crippen MR) is 109 cm³/mol. The van der Waals surface area contributed by atoms with Crippen molar-refractivity contribution in [3.63, 3.8) is 0 Å². The molecule has 0 radical (unpaired) electrons. The van der Waals surface area contributed by atoms with Crippen LogP contribution >= 0.6 is 0 Å². The van der Waals surface area contributed by atoms with Gasteiger partial charge in [-0.05, 0) is 44.4 Å². The molecular formula is C20H37N5O2. The fourth-order valence-corrected chi connectivity index (χ4v) is 4.04. The summed E-state index contributed by atoms with van der Waals surface area (Å²) in [6.45, 7) is 5.91. The van der Waals surface area contributed by atoms with Crippen molar-refractivity contribution in [1.82, 2.24) is 20.9 Å². The number of hydrogen-bond acceptors (Lipinski definition) is 3. The summed E-state index contributed by atoms with van der Waals surface area (Å²) < 4.78 is 0. The zero-order valence-corrected chi connectivity index (χ0v) is 17.1. The number of carbonyl (C=O) groups excluding carboxylic acids is 2. The van der Waals surface area contributed by atoms with E-state index < -0.39 is 0 Å². The summed E-state index contributed by atoms with van der Waals surface area (Å²) in [6, 6.07) is 0. The first-order chi connectivity index (χ1) is 13.1. The number of hydrogen-bond donors (Lipinski definition) is 3. The van der Waals surface area contributed by atoms with Crippen molar-refractivity contribution in [2.24, 2.45) is 16.8 Å². The van der Waals surface area contributed by atoms with E-state index in [0.29, 0.717) is 37.8 Å². The lowest BCUT2D eigenvalue weighted by Crippen LogP contribution is -2.46. The maximum atomic E-state index is 12.0. The number of aliphatic imine (C=N–C) groups is 1. The fraction of sp³-hybridized carbons (Fsp3) is 0.850. The molecule has 0 aromatic heterocycles. The molecule has 0 atom stereocenters. The highest BCUT2D eigenvalue weighted by molar-refractivity contribution is 5.80. The van der Waals surface area contributed by atoms with Gasteiger partial charge in [0.25, 0.3) is 0 Å². The minimum absolute atomic E-state index is 0.127. The smallest absolute Gasteiger partial charge is 0.220 e. The van der Waals surface area contributed by atoms with Crippen LogP contribution in [0.25, 0.3) is 0 Å².